The molecule has 0 aliphatic rings. The molecule has 4 heteroatoms. The molecule has 1 heterocycles. The molecule has 3 nitrogen and oxygen atoms in total. The third-order valence-electron chi connectivity index (χ3n) is 3.73. The molecule has 2 aromatic carbocycles. The number of rotatable bonds is 3. The Morgan fingerprint density at radius 2 is 1.81 bits per heavy atom. The molecule has 0 saturated heterocycles. The highest BCUT2D eigenvalue weighted by Crippen LogP contribution is 2.26. The van der Waals surface area contributed by atoms with Crippen molar-refractivity contribution >= 4 is 32.5 Å². The molecule has 21 heavy (non-hydrogen) atoms. The molecule has 0 unspecified atom stereocenters. The van der Waals surface area contributed by atoms with Gasteiger partial charge in [0.1, 0.15) is 0 Å². The number of para-hydroxylation sites is 1. The smallest absolute Gasteiger partial charge is 0.0894 e. The number of aromatic nitrogens is 2. The van der Waals surface area contributed by atoms with Crippen molar-refractivity contribution in [2.45, 2.75) is 20.4 Å². The van der Waals surface area contributed by atoms with E-state index in [1.54, 1.807) is 0 Å². The SMILES string of the molecule is Cc1cc(NCc2nn(C)c3ccccc23)cc(C)c1Br. The molecular weight excluding hydrogens is 326 g/mol. The molecule has 3 rings (SSSR count). The molecule has 0 bridgehead atoms. The second kappa shape index (κ2) is 5.53. The zero-order valence-corrected chi connectivity index (χ0v) is 14.0. The summed E-state index contributed by atoms with van der Waals surface area (Å²) in [5.74, 6) is 0. The predicted octanol–water partition coefficient (Wildman–Crippen LogP) is 4.56. The van der Waals surface area contributed by atoms with Crippen LogP contribution in [0, 0.1) is 13.8 Å². The molecule has 108 valence electrons. The van der Waals surface area contributed by atoms with Crippen LogP contribution in [0.25, 0.3) is 10.9 Å². The Labute approximate surface area is 133 Å². The van der Waals surface area contributed by atoms with E-state index in [1.807, 2.05) is 17.8 Å². The predicted molar refractivity (Wildman–Crippen MR) is 91.7 cm³/mol. The third kappa shape index (κ3) is 2.68. The van der Waals surface area contributed by atoms with Crippen molar-refractivity contribution in [3.63, 3.8) is 0 Å². The van der Waals surface area contributed by atoms with Crippen molar-refractivity contribution in [2.75, 3.05) is 5.32 Å². The Kier molecular flexibility index (Phi) is 3.72. The number of nitrogens with zero attached hydrogens (tertiary/aromatic N) is 2. The molecule has 0 amide bonds. The number of benzene rings is 2. The van der Waals surface area contributed by atoms with Crippen LogP contribution in [0.15, 0.2) is 40.9 Å². The monoisotopic (exact) mass is 343 g/mol. The van der Waals surface area contributed by atoms with Gasteiger partial charge in [-0.3, -0.25) is 4.68 Å². The van der Waals surface area contributed by atoms with Crippen LogP contribution in [0.5, 0.6) is 0 Å². The summed E-state index contributed by atoms with van der Waals surface area (Å²) >= 11 is 3.60. The Bertz CT molecular complexity index is 782. The average molecular weight is 344 g/mol. The minimum absolute atomic E-state index is 0.724. The van der Waals surface area contributed by atoms with Gasteiger partial charge in [0.2, 0.25) is 0 Å². The quantitative estimate of drug-likeness (QED) is 0.755. The number of anilines is 1. The van der Waals surface area contributed by atoms with Crippen molar-refractivity contribution in [3.05, 3.63) is 57.7 Å². The van der Waals surface area contributed by atoms with Crippen LogP contribution in [-0.4, -0.2) is 9.78 Å². The van der Waals surface area contributed by atoms with Gasteiger partial charge in [-0.05, 0) is 43.2 Å². The van der Waals surface area contributed by atoms with Gasteiger partial charge in [-0.25, -0.2) is 0 Å². The molecule has 0 radical (unpaired) electrons. The highest BCUT2D eigenvalue weighted by atomic mass is 79.9. The maximum Gasteiger partial charge on any atom is 0.0894 e. The van der Waals surface area contributed by atoms with E-state index in [0.29, 0.717) is 0 Å². The summed E-state index contributed by atoms with van der Waals surface area (Å²) in [6.07, 6.45) is 0. The number of aryl methyl sites for hydroxylation is 3. The zero-order valence-electron chi connectivity index (χ0n) is 12.4. The lowest BCUT2D eigenvalue weighted by Gasteiger charge is -2.09. The van der Waals surface area contributed by atoms with Crippen molar-refractivity contribution in [1.29, 1.82) is 0 Å². The lowest BCUT2D eigenvalue weighted by atomic mass is 10.1. The molecule has 0 aliphatic carbocycles. The van der Waals surface area contributed by atoms with Gasteiger partial charge in [-0.1, -0.05) is 34.1 Å². The first-order valence-corrected chi connectivity index (χ1v) is 7.77. The number of hydrogen-bond donors (Lipinski definition) is 1. The maximum atomic E-state index is 4.61. The van der Waals surface area contributed by atoms with E-state index in [-0.39, 0.29) is 0 Å². The second-order valence-electron chi connectivity index (χ2n) is 5.37. The lowest BCUT2D eigenvalue weighted by molar-refractivity contribution is 0.771. The van der Waals surface area contributed by atoms with E-state index >= 15 is 0 Å². The van der Waals surface area contributed by atoms with Crippen molar-refractivity contribution < 1.29 is 0 Å². The lowest BCUT2D eigenvalue weighted by Crippen LogP contribution is -2.02. The third-order valence-corrected chi connectivity index (χ3v) is 4.98. The first kappa shape index (κ1) is 14.1. The van der Waals surface area contributed by atoms with E-state index in [2.05, 4.69) is 70.5 Å². The van der Waals surface area contributed by atoms with Crippen LogP contribution in [-0.2, 0) is 13.6 Å². The molecule has 3 aromatic rings. The molecule has 1 aromatic heterocycles. The summed E-state index contributed by atoms with van der Waals surface area (Å²) in [6, 6.07) is 12.6. The van der Waals surface area contributed by atoms with Crippen LogP contribution in [0.2, 0.25) is 0 Å². The van der Waals surface area contributed by atoms with Crippen molar-refractivity contribution in [1.82, 2.24) is 9.78 Å². The van der Waals surface area contributed by atoms with Gasteiger partial charge in [0, 0.05) is 22.6 Å². The van der Waals surface area contributed by atoms with Crippen LogP contribution in [0.1, 0.15) is 16.8 Å². The molecule has 0 aliphatic heterocycles. The van der Waals surface area contributed by atoms with Gasteiger partial charge >= 0.3 is 0 Å². The van der Waals surface area contributed by atoms with Gasteiger partial charge in [-0.2, -0.15) is 5.10 Å². The van der Waals surface area contributed by atoms with E-state index in [9.17, 15) is 0 Å². The Morgan fingerprint density at radius 3 is 2.52 bits per heavy atom. The number of halogens is 1. The van der Waals surface area contributed by atoms with Crippen LogP contribution in [0.3, 0.4) is 0 Å². The first-order chi connectivity index (χ1) is 10.1. The van der Waals surface area contributed by atoms with E-state index in [0.717, 1.165) is 23.4 Å². The normalized spacial score (nSPS) is 11.0. The standard InChI is InChI=1S/C17H18BrN3/c1-11-8-13(9-12(2)17(11)18)19-10-15-14-6-4-5-7-16(14)21(3)20-15/h4-9,19H,10H2,1-3H3. The molecule has 0 atom stereocenters. The fourth-order valence-electron chi connectivity index (χ4n) is 2.65. The van der Waals surface area contributed by atoms with Crippen molar-refractivity contribution in [2.24, 2.45) is 7.05 Å². The molecule has 0 spiro atoms. The van der Waals surface area contributed by atoms with E-state index in [4.69, 9.17) is 0 Å². The Hall–Kier alpha value is -1.81. The highest BCUT2D eigenvalue weighted by molar-refractivity contribution is 9.10. The van der Waals surface area contributed by atoms with Crippen LogP contribution in [0.4, 0.5) is 5.69 Å². The zero-order chi connectivity index (χ0) is 15.0. The summed E-state index contributed by atoms with van der Waals surface area (Å²) in [6.45, 7) is 4.94. The van der Waals surface area contributed by atoms with E-state index < -0.39 is 0 Å². The topological polar surface area (TPSA) is 29.9 Å². The number of fused-ring (bicyclic) bond motifs is 1. The van der Waals surface area contributed by atoms with E-state index in [1.165, 1.54) is 21.0 Å². The largest absolute Gasteiger partial charge is 0.379 e. The molecular formula is C17H18BrN3. The summed E-state index contributed by atoms with van der Waals surface area (Å²) in [4.78, 5) is 0. The Balaban J connectivity index is 1.87. The Morgan fingerprint density at radius 1 is 1.14 bits per heavy atom. The number of nitrogens with one attached hydrogen (secondary N) is 1. The highest BCUT2D eigenvalue weighted by Gasteiger charge is 2.08. The van der Waals surface area contributed by atoms with Gasteiger partial charge < -0.3 is 5.32 Å². The van der Waals surface area contributed by atoms with Crippen LogP contribution >= 0.6 is 15.9 Å². The number of hydrogen-bond acceptors (Lipinski definition) is 2. The van der Waals surface area contributed by atoms with Crippen LogP contribution < -0.4 is 5.32 Å². The van der Waals surface area contributed by atoms with Gasteiger partial charge in [-0.15, -0.1) is 0 Å². The molecule has 0 saturated carbocycles. The second-order valence-corrected chi connectivity index (χ2v) is 6.16. The summed E-state index contributed by atoms with van der Waals surface area (Å²) in [7, 11) is 1.99. The van der Waals surface area contributed by atoms with Gasteiger partial charge in [0.15, 0.2) is 0 Å². The molecule has 0 fully saturated rings. The van der Waals surface area contributed by atoms with Gasteiger partial charge in [0.25, 0.3) is 0 Å². The summed E-state index contributed by atoms with van der Waals surface area (Å²) < 4.78 is 3.11. The molecule has 1 N–H and O–H groups in total. The minimum atomic E-state index is 0.724. The summed E-state index contributed by atoms with van der Waals surface area (Å²) in [5.41, 5.74) is 5.85. The average Bonchev–Trinajstić information content (AvgIpc) is 2.79. The fourth-order valence-corrected chi connectivity index (χ4v) is 2.88. The fraction of sp³-hybridized carbons (Fsp3) is 0.235. The van der Waals surface area contributed by atoms with Crippen molar-refractivity contribution in [3.8, 4) is 0 Å². The van der Waals surface area contributed by atoms with Gasteiger partial charge in [0.05, 0.1) is 17.8 Å². The summed E-state index contributed by atoms with van der Waals surface area (Å²) in [5, 5.41) is 9.30. The maximum absolute atomic E-state index is 4.61. The first-order valence-electron chi connectivity index (χ1n) is 6.97. The minimum Gasteiger partial charge on any atom is -0.379 e.